The summed E-state index contributed by atoms with van der Waals surface area (Å²) >= 11 is 0. The SMILES string of the molecule is Cc1[nH]c2ccccc2c1CN(C)C(=O)C(C)O. The van der Waals surface area contributed by atoms with Crippen LogP contribution in [0.25, 0.3) is 10.9 Å². The number of hydrogen-bond acceptors (Lipinski definition) is 2. The number of benzene rings is 1. The van der Waals surface area contributed by atoms with Gasteiger partial charge >= 0.3 is 0 Å². The Balaban J connectivity index is 2.32. The molecule has 1 amide bonds. The Bertz CT molecular complexity index is 572. The number of carbonyl (C=O) groups excluding carboxylic acids is 1. The van der Waals surface area contributed by atoms with Crippen LogP contribution in [-0.2, 0) is 11.3 Å². The summed E-state index contributed by atoms with van der Waals surface area (Å²) in [5, 5.41) is 10.4. The van der Waals surface area contributed by atoms with Crippen LogP contribution in [0.3, 0.4) is 0 Å². The molecule has 0 bridgehead atoms. The van der Waals surface area contributed by atoms with Crippen LogP contribution in [0.5, 0.6) is 0 Å². The first kappa shape index (κ1) is 12.6. The van der Waals surface area contributed by atoms with Crippen molar-refractivity contribution in [1.29, 1.82) is 0 Å². The zero-order valence-electron chi connectivity index (χ0n) is 10.9. The van der Waals surface area contributed by atoms with Gasteiger partial charge < -0.3 is 15.0 Å². The molecule has 18 heavy (non-hydrogen) atoms. The normalized spacial score (nSPS) is 12.7. The van der Waals surface area contributed by atoms with Crippen molar-refractivity contribution in [1.82, 2.24) is 9.88 Å². The Morgan fingerprint density at radius 2 is 2.11 bits per heavy atom. The second-order valence-electron chi connectivity index (χ2n) is 4.64. The number of aromatic amines is 1. The number of aliphatic hydroxyl groups is 1. The molecule has 2 aromatic rings. The van der Waals surface area contributed by atoms with Gasteiger partial charge in [-0.1, -0.05) is 18.2 Å². The van der Waals surface area contributed by atoms with E-state index in [1.54, 1.807) is 11.9 Å². The lowest BCUT2D eigenvalue weighted by molar-refractivity contribution is -0.138. The first-order valence-electron chi connectivity index (χ1n) is 6.00. The number of nitrogens with one attached hydrogen (secondary N) is 1. The fourth-order valence-electron chi connectivity index (χ4n) is 2.17. The lowest BCUT2D eigenvalue weighted by Crippen LogP contribution is -2.34. The highest BCUT2D eigenvalue weighted by molar-refractivity contribution is 5.85. The number of fused-ring (bicyclic) bond motifs is 1. The minimum atomic E-state index is -0.958. The third-order valence-electron chi connectivity index (χ3n) is 3.16. The molecule has 1 heterocycles. The number of carbonyl (C=O) groups is 1. The molecule has 1 aromatic heterocycles. The largest absolute Gasteiger partial charge is 0.384 e. The van der Waals surface area contributed by atoms with Gasteiger partial charge in [0.2, 0.25) is 0 Å². The van der Waals surface area contributed by atoms with Crippen molar-refractivity contribution in [3.63, 3.8) is 0 Å². The van der Waals surface area contributed by atoms with Gasteiger partial charge in [-0.25, -0.2) is 0 Å². The Morgan fingerprint density at radius 3 is 2.78 bits per heavy atom. The summed E-state index contributed by atoms with van der Waals surface area (Å²) in [6.45, 7) is 3.98. The number of amides is 1. The quantitative estimate of drug-likeness (QED) is 0.868. The maximum Gasteiger partial charge on any atom is 0.251 e. The van der Waals surface area contributed by atoms with Crippen molar-refractivity contribution >= 4 is 16.8 Å². The van der Waals surface area contributed by atoms with E-state index in [1.807, 2.05) is 31.2 Å². The number of H-pyrrole nitrogens is 1. The molecule has 4 heteroatoms. The number of para-hydroxylation sites is 1. The zero-order chi connectivity index (χ0) is 13.3. The lowest BCUT2D eigenvalue weighted by atomic mass is 10.1. The Kier molecular flexibility index (Phi) is 3.39. The summed E-state index contributed by atoms with van der Waals surface area (Å²) in [6, 6.07) is 8.01. The predicted octanol–water partition coefficient (Wildman–Crippen LogP) is 1.82. The molecule has 0 spiro atoms. The highest BCUT2D eigenvalue weighted by atomic mass is 16.3. The Hall–Kier alpha value is -1.81. The fraction of sp³-hybridized carbons (Fsp3) is 0.357. The second-order valence-corrected chi connectivity index (χ2v) is 4.64. The average Bonchev–Trinajstić information content (AvgIpc) is 2.65. The Morgan fingerprint density at radius 1 is 1.44 bits per heavy atom. The van der Waals surface area contributed by atoms with Gasteiger partial charge in [-0.05, 0) is 25.5 Å². The predicted molar refractivity (Wildman–Crippen MR) is 71.2 cm³/mol. The van der Waals surface area contributed by atoms with Crippen molar-refractivity contribution in [2.24, 2.45) is 0 Å². The molecule has 0 saturated carbocycles. The molecule has 1 aromatic carbocycles. The molecule has 1 unspecified atom stereocenters. The summed E-state index contributed by atoms with van der Waals surface area (Å²) < 4.78 is 0. The van der Waals surface area contributed by atoms with E-state index in [0.29, 0.717) is 6.54 Å². The fourth-order valence-corrected chi connectivity index (χ4v) is 2.17. The molecular weight excluding hydrogens is 228 g/mol. The molecule has 1 atom stereocenters. The number of nitrogens with zero attached hydrogens (tertiary/aromatic N) is 1. The molecule has 2 N–H and O–H groups in total. The molecule has 0 radical (unpaired) electrons. The number of hydrogen-bond donors (Lipinski definition) is 2. The second kappa shape index (κ2) is 4.82. The number of aryl methyl sites for hydroxylation is 1. The van der Waals surface area contributed by atoms with Gasteiger partial charge in [-0.2, -0.15) is 0 Å². The van der Waals surface area contributed by atoms with E-state index in [4.69, 9.17) is 0 Å². The minimum absolute atomic E-state index is 0.264. The van der Waals surface area contributed by atoms with Gasteiger partial charge in [-0.3, -0.25) is 4.79 Å². The van der Waals surface area contributed by atoms with Gasteiger partial charge in [0, 0.05) is 30.2 Å². The number of rotatable bonds is 3. The summed E-state index contributed by atoms with van der Waals surface area (Å²) in [6.07, 6.45) is -0.958. The van der Waals surface area contributed by atoms with Gasteiger partial charge in [0.1, 0.15) is 6.10 Å². The van der Waals surface area contributed by atoms with Crippen LogP contribution < -0.4 is 0 Å². The van der Waals surface area contributed by atoms with Gasteiger partial charge in [-0.15, -0.1) is 0 Å². The molecule has 0 fully saturated rings. The minimum Gasteiger partial charge on any atom is -0.384 e. The maximum absolute atomic E-state index is 11.7. The molecule has 4 nitrogen and oxygen atoms in total. The van der Waals surface area contributed by atoms with Crippen LogP contribution >= 0.6 is 0 Å². The number of aromatic nitrogens is 1. The summed E-state index contributed by atoms with van der Waals surface area (Å²) in [5.41, 5.74) is 3.23. The molecular formula is C14H18N2O2. The molecule has 0 aliphatic carbocycles. The van der Waals surface area contributed by atoms with Crippen molar-refractivity contribution in [2.45, 2.75) is 26.5 Å². The molecule has 0 aliphatic heterocycles. The van der Waals surface area contributed by atoms with Crippen molar-refractivity contribution < 1.29 is 9.90 Å². The molecule has 0 saturated heterocycles. The van der Waals surface area contributed by atoms with Crippen molar-refractivity contribution in [3.8, 4) is 0 Å². The van der Waals surface area contributed by atoms with E-state index in [0.717, 1.165) is 22.2 Å². The standard InChI is InChI=1S/C14H18N2O2/c1-9-12(8-16(3)14(18)10(2)17)11-6-4-5-7-13(11)15-9/h4-7,10,15,17H,8H2,1-3H3. The van der Waals surface area contributed by atoms with Gasteiger partial charge in [0.05, 0.1) is 0 Å². The maximum atomic E-state index is 11.7. The zero-order valence-corrected chi connectivity index (χ0v) is 10.9. The van der Waals surface area contributed by atoms with Crippen LogP contribution in [0.4, 0.5) is 0 Å². The summed E-state index contributed by atoms with van der Waals surface area (Å²) in [5.74, 6) is -0.264. The van der Waals surface area contributed by atoms with Crippen molar-refractivity contribution in [3.05, 3.63) is 35.5 Å². The lowest BCUT2D eigenvalue weighted by Gasteiger charge is -2.19. The van der Waals surface area contributed by atoms with E-state index >= 15 is 0 Å². The number of aliphatic hydroxyl groups excluding tert-OH is 1. The smallest absolute Gasteiger partial charge is 0.251 e. The van der Waals surface area contributed by atoms with E-state index in [1.165, 1.54) is 6.92 Å². The first-order chi connectivity index (χ1) is 8.50. The van der Waals surface area contributed by atoms with Gasteiger partial charge in [0.25, 0.3) is 5.91 Å². The highest BCUT2D eigenvalue weighted by Gasteiger charge is 2.17. The third kappa shape index (κ3) is 2.24. The van der Waals surface area contributed by atoms with Crippen LogP contribution in [0.1, 0.15) is 18.2 Å². The first-order valence-corrected chi connectivity index (χ1v) is 6.00. The van der Waals surface area contributed by atoms with Gasteiger partial charge in [0.15, 0.2) is 0 Å². The highest BCUT2D eigenvalue weighted by Crippen LogP contribution is 2.23. The molecule has 2 rings (SSSR count). The van der Waals surface area contributed by atoms with E-state index in [2.05, 4.69) is 4.98 Å². The van der Waals surface area contributed by atoms with E-state index in [9.17, 15) is 9.90 Å². The topological polar surface area (TPSA) is 56.3 Å². The Labute approximate surface area is 106 Å². The van der Waals surface area contributed by atoms with Crippen LogP contribution in [0.15, 0.2) is 24.3 Å². The van der Waals surface area contributed by atoms with E-state index < -0.39 is 6.10 Å². The monoisotopic (exact) mass is 246 g/mol. The summed E-state index contributed by atoms with van der Waals surface area (Å²) in [7, 11) is 1.70. The average molecular weight is 246 g/mol. The number of likely N-dealkylation sites (N-methyl/N-ethyl adjacent to an activating group) is 1. The van der Waals surface area contributed by atoms with Crippen LogP contribution in [-0.4, -0.2) is 34.0 Å². The van der Waals surface area contributed by atoms with Crippen molar-refractivity contribution in [2.75, 3.05) is 7.05 Å². The molecule has 0 aliphatic rings. The third-order valence-corrected chi connectivity index (χ3v) is 3.16. The summed E-state index contributed by atoms with van der Waals surface area (Å²) in [4.78, 5) is 16.5. The van der Waals surface area contributed by atoms with E-state index in [-0.39, 0.29) is 5.91 Å². The molecule has 96 valence electrons. The van der Waals surface area contributed by atoms with Crippen LogP contribution in [0.2, 0.25) is 0 Å². The van der Waals surface area contributed by atoms with Crippen LogP contribution in [0, 0.1) is 6.92 Å².